The van der Waals surface area contributed by atoms with Gasteiger partial charge in [0.1, 0.15) is 0 Å². The van der Waals surface area contributed by atoms with E-state index in [1.54, 1.807) is 0 Å². The molecule has 0 bridgehead atoms. The summed E-state index contributed by atoms with van der Waals surface area (Å²) in [6, 6.07) is 1.97. The zero-order chi connectivity index (χ0) is 8.81. The fourth-order valence-corrected chi connectivity index (χ4v) is 1.58. The summed E-state index contributed by atoms with van der Waals surface area (Å²) in [6.45, 7) is 6.81. The summed E-state index contributed by atoms with van der Waals surface area (Å²) in [5, 5.41) is 8.65. The molecule has 0 amide bonds. The van der Waals surface area contributed by atoms with Crippen LogP contribution in [0.25, 0.3) is 4.85 Å². The summed E-state index contributed by atoms with van der Waals surface area (Å²) in [4.78, 5) is 3.24. The molecular formula is C10H12N2. The lowest BCUT2D eigenvalue weighted by atomic mass is 10.1. The number of nitriles is 1. The Labute approximate surface area is 73.3 Å². The van der Waals surface area contributed by atoms with E-state index in [0.717, 1.165) is 31.3 Å². The number of allylic oxidation sites excluding steroid dienone is 2. The Morgan fingerprint density at radius 2 is 1.83 bits per heavy atom. The fraction of sp³-hybridized carbons (Fsp3) is 0.600. The Kier molecular flexibility index (Phi) is 3.35. The average molecular weight is 160 g/mol. The maximum Gasteiger partial charge on any atom is 0.261 e. The molecule has 2 nitrogen and oxygen atoms in total. The predicted molar refractivity (Wildman–Crippen MR) is 46.9 cm³/mol. The molecule has 0 atom stereocenters. The highest BCUT2D eigenvalue weighted by atomic mass is 14.7. The monoisotopic (exact) mass is 160 g/mol. The third-order valence-electron chi connectivity index (χ3n) is 2.26. The summed E-state index contributed by atoms with van der Waals surface area (Å²) >= 11 is 0. The highest BCUT2D eigenvalue weighted by molar-refractivity contribution is 5.33. The largest absolute Gasteiger partial charge is 0.261 e. The van der Waals surface area contributed by atoms with Crippen LogP contribution in [0.2, 0.25) is 0 Å². The van der Waals surface area contributed by atoms with Crippen molar-refractivity contribution in [1.29, 1.82) is 5.26 Å². The van der Waals surface area contributed by atoms with Gasteiger partial charge in [-0.25, -0.2) is 10.1 Å². The number of hydrogen-bond donors (Lipinski definition) is 0. The molecule has 2 heteroatoms. The summed E-state index contributed by atoms with van der Waals surface area (Å²) in [6.07, 6.45) is 6.73. The minimum atomic E-state index is 0.344. The fourth-order valence-electron chi connectivity index (χ4n) is 1.58. The van der Waals surface area contributed by atoms with Gasteiger partial charge in [-0.15, -0.1) is 0 Å². The van der Waals surface area contributed by atoms with Crippen molar-refractivity contribution in [2.45, 2.75) is 38.5 Å². The van der Waals surface area contributed by atoms with Gasteiger partial charge in [0.05, 0.1) is 12.6 Å². The Hall–Kier alpha value is -1.28. The summed E-state index contributed by atoms with van der Waals surface area (Å²) in [5.74, 6) is 0. The lowest BCUT2D eigenvalue weighted by Crippen LogP contribution is -1.85. The van der Waals surface area contributed by atoms with Crippen molar-refractivity contribution in [2.75, 3.05) is 0 Å². The summed E-state index contributed by atoms with van der Waals surface area (Å²) in [7, 11) is 0. The van der Waals surface area contributed by atoms with E-state index in [1.165, 1.54) is 12.8 Å². The van der Waals surface area contributed by atoms with Gasteiger partial charge >= 0.3 is 0 Å². The van der Waals surface area contributed by atoms with Gasteiger partial charge < -0.3 is 0 Å². The Balaban J connectivity index is 2.78. The first-order chi connectivity index (χ1) is 5.88. The molecule has 0 aromatic rings. The molecule has 12 heavy (non-hydrogen) atoms. The molecule has 1 fully saturated rings. The van der Waals surface area contributed by atoms with Crippen LogP contribution in [0, 0.1) is 17.9 Å². The predicted octanol–water partition coefficient (Wildman–Crippen LogP) is 3.04. The number of nitrogens with zero attached hydrogens (tertiary/aromatic N) is 2. The van der Waals surface area contributed by atoms with Crippen molar-refractivity contribution in [3.05, 3.63) is 22.7 Å². The molecule has 0 N–H and O–H groups in total. The third-order valence-corrected chi connectivity index (χ3v) is 2.26. The second kappa shape index (κ2) is 4.57. The molecule has 0 saturated heterocycles. The van der Waals surface area contributed by atoms with Gasteiger partial charge in [-0.05, 0) is 12.8 Å². The van der Waals surface area contributed by atoms with Crippen molar-refractivity contribution in [3.63, 3.8) is 0 Å². The quantitative estimate of drug-likeness (QED) is 0.304. The molecule has 62 valence electrons. The van der Waals surface area contributed by atoms with Gasteiger partial charge in [0, 0.05) is 0 Å². The summed E-state index contributed by atoms with van der Waals surface area (Å²) in [5.41, 5.74) is 1.43. The molecule has 0 heterocycles. The van der Waals surface area contributed by atoms with E-state index in [9.17, 15) is 0 Å². The Morgan fingerprint density at radius 3 is 2.25 bits per heavy atom. The third kappa shape index (κ3) is 2.10. The first-order valence-corrected chi connectivity index (χ1v) is 4.38. The number of rotatable bonds is 0. The smallest absolute Gasteiger partial charge is 0.227 e. The lowest BCUT2D eigenvalue weighted by Gasteiger charge is -2.00. The SMILES string of the molecule is [C-]#[N+]C(C#N)=C1CCCCCC1. The second-order valence-corrected chi connectivity index (χ2v) is 3.09. The van der Waals surface area contributed by atoms with Crippen molar-refractivity contribution in [1.82, 2.24) is 0 Å². The highest BCUT2D eigenvalue weighted by Gasteiger charge is 2.09. The van der Waals surface area contributed by atoms with E-state index >= 15 is 0 Å². The molecular weight excluding hydrogens is 148 g/mol. The molecule has 0 aliphatic heterocycles. The first-order valence-electron chi connectivity index (χ1n) is 4.38. The standard InChI is InChI=1S/C10H12N2/c1-12-10(8-11)9-6-4-2-3-5-7-9/h2-7H2. The van der Waals surface area contributed by atoms with Crippen LogP contribution in [0.15, 0.2) is 11.3 Å². The normalized spacial score (nSPS) is 17.3. The lowest BCUT2D eigenvalue weighted by molar-refractivity contribution is 0.702. The van der Waals surface area contributed by atoms with Crippen molar-refractivity contribution in [3.8, 4) is 6.07 Å². The Bertz CT molecular complexity index is 237. The zero-order valence-corrected chi connectivity index (χ0v) is 7.14. The van der Waals surface area contributed by atoms with Crippen LogP contribution < -0.4 is 0 Å². The van der Waals surface area contributed by atoms with Crippen LogP contribution in [0.5, 0.6) is 0 Å². The van der Waals surface area contributed by atoms with Gasteiger partial charge in [0.25, 0.3) is 5.70 Å². The average Bonchev–Trinajstić information content (AvgIpc) is 2.35. The van der Waals surface area contributed by atoms with E-state index in [-0.39, 0.29) is 0 Å². The van der Waals surface area contributed by atoms with E-state index in [0.29, 0.717) is 5.70 Å². The van der Waals surface area contributed by atoms with E-state index in [2.05, 4.69) is 4.85 Å². The highest BCUT2D eigenvalue weighted by Crippen LogP contribution is 2.24. The van der Waals surface area contributed by atoms with Gasteiger partial charge in [-0.2, -0.15) is 0 Å². The van der Waals surface area contributed by atoms with E-state index in [4.69, 9.17) is 11.8 Å². The molecule has 0 unspecified atom stereocenters. The van der Waals surface area contributed by atoms with Crippen LogP contribution in [0.3, 0.4) is 0 Å². The zero-order valence-electron chi connectivity index (χ0n) is 7.14. The molecule has 1 rings (SSSR count). The molecule has 0 spiro atoms. The van der Waals surface area contributed by atoms with Crippen molar-refractivity contribution < 1.29 is 0 Å². The van der Waals surface area contributed by atoms with Gasteiger partial charge in [0.2, 0.25) is 0 Å². The van der Waals surface area contributed by atoms with Crippen LogP contribution >= 0.6 is 0 Å². The maximum absolute atomic E-state index is 8.65. The van der Waals surface area contributed by atoms with Crippen LogP contribution in [0.1, 0.15) is 38.5 Å². The van der Waals surface area contributed by atoms with Gasteiger partial charge in [-0.3, -0.25) is 0 Å². The van der Waals surface area contributed by atoms with Crippen LogP contribution in [0.4, 0.5) is 0 Å². The molecule has 1 saturated carbocycles. The van der Waals surface area contributed by atoms with Crippen LogP contribution in [-0.2, 0) is 0 Å². The Morgan fingerprint density at radius 1 is 1.25 bits per heavy atom. The van der Waals surface area contributed by atoms with Gasteiger partial charge in [0.15, 0.2) is 0 Å². The van der Waals surface area contributed by atoms with E-state index < -0.39 is 0 Å². The molecule has 1 aliphatic carbocycles. The molecule has 1 aliphatic rings. The van der Waals surface area contributed by atoms with Crippen LogP contribution in [-0.4, -0.2) is 0 Å². The minimum Gasteiger partial charge on any atom is -0.227 e. The van der Waals surface area contributed by atoms with Crippen molar-refractivity contribution >= 4 is 0 Å². The number of hydrogen-bond acceptors (Lipinski definition) is 1. The maximum atomic E-state index is 8.65. The topological polar surface area (TPSA) is 28.1 Å². The van der Waals surface area contributed by atoms with Gasteiger partial charge in [-0.1, -0.05) is 31.3 Å². The van der Waals surface area contributed by atoms with E-state index in [1.807, 2.05) is 6.07 Å². The molecule has 0 aromatic heterocycles. The summed E-state index contributed by atoms with van der Waals surface area (Å²) < 4.78 is 0. The second-order valence-electron chi connectivity index (χ2n) is 3.09. The first kappa shape index (κ1) is 8.81. The molecule has 0 radical (unpaired) electrons. The van der Waals surface area contributed by atoms with Crippen molar-refractivity contribution in [2.24, 2.45) is 0 Å². The minimum absolute atomic E-state index is 0.344. The molecule has 0 aromatic carbocycles.